The van der Waals surface area contributed by atoms with Crippen molar-refractivity contribution in [2.45, 2.75) is 32.4 Å². The van der Waals surface area contributed by atoms with Gasteiger partial charge < -0.3 is 15.7 Å². The average molecular weight is 322 g/mol. The van der Waals surface area contributed by atoms with E-state index in [1.54, 1.807) is 38.1 Å². The van der Waals surface area contributed by atoms with E-state index in [0.717, 1.165) is 5.56 Å². The van der Waals surface area contributed by atoms with Crippen LogP contribution in [0.4, 0.5) is 4.79 Å². The minimum absolute atomic E-state index is 0.175. The number of carbonyl (C=O) groups excluding carboxylic acids is 2. The van der Waals surface area contributed by atoms with Crippen LogP contribution in [0.25, 0.3) is 0 Å². The molecule has 2 unspecified atom stereocenters. The van der Waals surface area contributed by atoms with Gasteiger partial charge in [0.2, 0.25) is 5.91 Å². The molecular weight excluding hydrogens is 300 g/mol. The standard InChI is InChI=1S/C15H22N4O4/c1-9(2)12(14(21)19-16)18-13(20)11(17-15(22)23)8-10-6-4-3-5-7-10/h3-7,9,11-12,17H,8,16H2,1-2H3,(H,18,20)(H,19,21)(H,22,23). The van der Waals surface area contributed by atoms with E-state index in [1.165, 1.54) is 0 Å². The molecule has 23 heavy (non-hydrogen) atoms. The molecule has 0 saturated heterocycles. The first-order valence-electron chi connectivity index (χ1n) is 7.19. The summed E-state index contributed by atoms with van der Waals surface area (Å²) in [4.78, 5) is 35.0. The Balaban J connectivity index is 2.86. The summed E-state index contributed by atoms with van der Waals surface area (Å²) < 4.78 is 0. The van der Waals surface area contributed by atoms with E-state index in [-0.39, 0.29) is 12.3 Å². The van der Waals surface area contributed by atoms with Crippen molar-refractivity contribution in [3.05, 3.63) is 35.9 Å². The second-order valence-corrected chi connectivity index (χ2v) is 5.43. The smallest absolute Gasteiger partial charge is 0.405 e. The highest BCUT2D eigenvalue weighted by Gasteiger charge is 2.28. The van der Waals surface area contributed by atoms with Crippen LogP contribution in [-0.4, -0.2) is 35.1 Å². The SMILES string of the molecule is CC(C)C(NC(=O)C(Cc1ccccc1)NC(=O)O)C(=O)NN. The molecule has 0 fully saturated rings. The highest BCUT2D eigenvalue weighted by Crippen LogP contribution is 2.06. The monoisotopic (exact) mass is 322 g/mol. The molecule has 0 spiro atoms. The molecule has 1 rings (SSSR count). The minimum Gasteiger partial charge on any atom is -0.465 e. The number of rotatable bonds is 7. The normalized spacial score (nSPS) is 13.0. The van der Waals surface area contributed by atoms with E-state index in [1.807, 2.05) is 11.5 Å². The first-order valence-corrected chi connectivity index (χ1v) is 7.19. The van der Waals surface area contributed by atoms with Gasteiger partial charge in [-0.25, -0.2) is 10.6 Å². The first-order chi connectivity index (χ1) is 10.8. The fourth-order valence-electron chi connectivity index (χ4n) is 2.09. The summed E-state index contributed by atoms with van der Waals surface area (Å²) in [7, 11) is 0. The van der Waals surface area contributed by atoms with Crippen molar-refractivity contribution in [1.82, 2.24) is 16.1 Å². The van der Waals surface area contributed by atoms with Crippen LogP contribution < -0.4 is 21.9 Å². The fraction of sp³-hybridized carbons (Fsp3) is 0.400. The van der Waals surface area contributed by atoms with E-state index in [2.05, 4.69) is 10.6 Å². The number of benzene rings is 1. The van der Waals surface area contributed by atoms with Crippen molar-refractivity contribution >= 4 is 17.9 Å². The van der Waals surface area contributed by atoms with Crippen LogP contribution >= 0.6 is 0 Å². The highest BCUT2D eigenvalue weighted by atomic mass is 16.4. The van der Waals surface area contributed by atoms with Gasteiger partial charge in [-0.3, -0.25) is 15.0 Å². The molecule has 8 heteroatoms. The third-order valence-electron chi connectivity index (χ3n) is 3.29. The van der Waals surface area contributed by atoms with Gasteiger partial charge in [0.1, 0.15) is 12.1 Å². The van der Waals surface area contributed by atoms with E-state index < -0.39 is 30.0 Å². The highest BCUT2D eigenvalue weighted by molar-refractivity contribution is 5.91. The number of nitrogens with one attached hydrogen (secondary N) is 3. The molecule has 2 atom stereocenters. The number of amides is 3. The lowest BCUT2D eigenvalue weighted by Crippen LogP contribution is -2.56. The van der Waals surface area contributed by atoms with Gasteiger partial charge in [0, 0.05) is 6.42 Å². The number of hydrazine groups is 1. The summed E-state index contributed by atoms with van der Waals surface area (Å²) in [5.74, 6) is 3.78. The molecular formula is C15H22N4O4. The van der Waals surface area contributed by atoms with Crippen LogP contribution in [0.3, 0.4) is 0 Å². The molecule has 126 valence electrons. The van der Waals surface area contributed by atoms with Gasteiger partial charge in [-0.15, -0.1) is 0 Å². The largest absolute Gasteiger partial charge is 0.465 e. The Kier molecular flexibility index (Phi) is 7.01. The van der Waals surface area contributed by atoms with E-state index in [9.17, 15) is 14.4 Å². The topological polar surface area (TPSA) is 134 Å². The van der Waals surface area contributed by atoms with Crippen molar-refractivity contribution in [2.24, 2.45) is 11.8 Å². The summed E-state index contributed by atoms with van der Waals surface area (Å²) in [5.41, 5.74) is 2.79. The molecule has 3 amide bonds. The molecule has 1 aromatic carbocycles. The Labute approximate surface area is 134 Å². The van der Waals surface area contributed by atoms with E-state index >= 15 is 0 Å². The Morgan fingerprint density at radius 2 is 1.70 bits per heavy atom. The quantitative estimate of drug-likeness (QED) is 0.274. The van der Waals surface area contributed by atoms with Crippen molar-refractivity contribution in [3.8, 4) is 0 Å². The molecule has 1 aromatic rings. The Hall–Kier alpha value is -2.61. The molecule has 8 nitrogen and oxygen atoms in total. The summed E-state index contributed by atoms with van der Waals surface area (Å²) in [6.45, 7) is 3.49. The molecule has 6 N–H and O–H groups in total. The Morgan fingerprint density at radius 3 is 2.17 bits per heavy atom. The number of hydrogen-bond acceptors (Lipinski definition) is 4. The average Bonchev–Trinajstić information content (AvgIpc) is 2.51. The maximum atomic E-state index is 12.4. The third kappa shape index (κ3) is 5.95. The predicted octanol–water partition coefficient (Wildman–Crippen LogP) is -0.00400. The fourth-order valence-corrected chi connectivity index (χ4v) is 2.09. The zero-order chi connectivity index (χ0) is 17.4. The molecule has 0 bridgehead atoms. The van der Waals surface area contributed by atoms with Crippen LogP contribution in [0.2, 0.25) is 0 Å². The lowest BCUT2D eigenvalue weighted by molar-refractivity contribution is -0.131. The zero-order valence-electron chi connectivity index (χ0n) is 13.1. The number of hydrogen-bond donors (Lipinski definition) is 5. The van der Waals surface area contributed by atoms with Crippen LogP contribution in [-0.2, 0) is 16.0 Å². The molecule has 0 aromatic heterocycles. The van der Waals surface area contributed by atoms with Crippen molar-refractivity contribution < 1.29 is 19.5 Å². The number of nitrogens with two attached hydrogens (primary N) is 1. The van der Waals surface area contributed by atoms with Crippen molar-refractivity contribution in [2.75, 3.05) is 0 Å². The van der Waals surface area contributed by atoms with Gasteiger partial charge >= 0.3 is 6.09 Å². The van der Waals surface area contributed by atoms with Crippen molar-refractivity contribution in [3.63, 3.8) is 0 Å². The summed E-state index contributed by atoms with van der Waals surface area (Å²) in [5, 5.41) is 13.6. The van der Waals surface area contributed by atoms with Gasteiger partial charge in [0.05, 0.1) is 0 Å². The van der Waals surface area contributed by atoms with Gasteiger partial charge in [-0.05, 0) is 11.5 Å². The molecule has 0 saturated carbocycles. The zero-order valence-corrected chi connectivity index (χ0v) is 13.1. The second kappa shape index (κ2) is 8.74. The molecule has 0 radical (unpaired) electrons. The van der Waals surface area contributed by atoms with Gasteiger partial charge in [0.25, 0.3) is 5.91 Å². The summed E-state index contributed by atoms with van der Waals surface area (Å²) >= 11 is 0. The first kappa shape index (κ1) is 18.4. The van der Waals surface area contributed by atoms with Crippen LogP contribution in [0.5, 0.6) is 0 Å². The number of carbonyl (C=O) groups is 3. The maximum Gasteiger partial charge on any atom is 0.405 e. The lowest BCUT2D eigenvalue weighted by atomic mass is 10.0. The molecule has 0 heterocycles. The van der Waals surface area contributed by atoms with E-state index in [4.69, 9.17) is 10.9 Å². The van der Waals surface area contributed by atoms with Gasteiger partial charge in [-0.1, -0.05) is 44.2 Å². The van der Waals surface area contributed by atoms with Crippen LogP contribution in [0.15, 0.2) is 30.3 Å². The van der Waals surface area contributed by atoms with Gasteiger partial charge in [-0.2, -0.15) is 0 Å². The predicted molar refractivity (Wildman–Crippen MR) is 84.2 cm³/mol. The third-order valence-corrected chi connectivity index (χ3v) is 3.29. The lowest BCUT2D eigenvalue weighted by Gasteiger charge is -2.24. The van der Waals surface area contributed by atoms with Crippen LogP contribution in [0.1, 0.15) is 19.4 Å². The summed E-state index contributed by atoms with van der Waals surface area (Å²) in [6, 6.07) is 7.13. The molecule has 0 aliphatic carbocycles. The molecule has 0 aliphatic rings. The molecule has 0 aliphatic heterocycles. The van der Waals surface area contributed by atoms with Crippen LogP contribution in [0, 0.1) is 5.92 Å². The maximum absolute atomic E-state index is 12.4. The van der Waals surface area contributed by atoms with Gasteiger partial charge in [0.15, 0.2) is 0 Å². The van der Waals surface area contributed by atoms with Crippen molar-refractivity contribution in [1.29, 1.82) is 0 Å². The Bertz CT molecular complexity index is 548. The minimum atomic E-state index is -1.31. The number of carboxylic acid groups (broad SMARTS) is 1. The summed E-state index contributed by atoms with van der Waals surface area (Å²) in [6.07, 6.45) is -1.14. The second-order valence-electron chi connectivity index (χ2n) is 5.43. The Morgan fingerprint density at radius 1 is 1.09 bits per heavy atom. The van der Waals surface area contributed by atoms with E-state index in [0.29, 0.717) is 0 Å².